The van der Waals surface area contributed by atoms with Gasteiger partial charge in [-0.3, -0.25) is 4.79 Å². The lowest BCUT2D eigenvalue weighted by Gasteiger charge is -2.22. The van der Waals surface area contributed by atoms with Gasteiger partial charge in [-0.2, -0.15) is 9.78 Å². The second-order valence-corrected chi connectivity index (χ2v) is 8.77. The molecule has 0 spiro atoms. The van der Waals surface area contributed by atoms with E-state index in [1.165, 1.54) is 18.4 Å². The third-order valence-electron chi connectivity index (χ3n) is 4.21. The number of rotatable bonds is 7. The van der Waals surface area contributed by atoms with Gasteiger partial charge in [0.25, 0.3) is 5.91 Å². The van der Waals surface area contributed by atoms with E-state index in [0.29, 0.717) is 16.4 Å². The van der Waals surface area contributed by atoms with Crippen LogP contribution in [-0.4, -0.2) is 29.4 Å². The fraction of sp³-hybridized carbons (Fsp3) is 0.300. The van der Waals surface area contributed by atoms with Crippen LogP contribution in [0, 0.1) is 11.2 Å². The predicted octanol–water partition coefficient (Wildman–Crippen LogP) is 5.33. The molecule has 3 rings (SSSR count). The average Bonchev–Trinajstić information content (AvgIpc) is 3.23. The standard InChI is InChI=1S/C20H21ClFN3O2S/c1-20(2,12-27-3)19(26)25-18(23-11-14-9-10-15(21)28-14)16(22)17(24-25)13-7-5-4-6-8-13/h4-10,23H,11-12H2,1-3H3. The van der Waals surface area contributed by atoms with E-state index in [-0.39, 0.29) is 24.0 Å². The van der Waals surface area contributed by atoms with Gasteiger partial charge in [0.05, 0.1) is 22.9 Å². The number of hydrogen-bond acceptors (Lipinski definition) is 5. The minimum Gasteiger partial charge on any atom is -0.384 e. The van der Waals surface area contributed by atoms with Crippen LogP contribution in [0.15, 0.2) is 42.5 Å². The number of ether oxygens (including phenoxy) is 1. The van der Waals surface area contributed by atoms with Gasteiger partial charge in [-0.25, -0.2) is 4.39 Å². The zero-order valence-electron chi connectivity index (χ0n) is 15.8. The molecule has 5 nitrogen and oxygen atoms in total. The lowest BCUT2D eigenvalue weighted by molar-refractivity contribution is 0.0529. The summed E-state index contributed by atoms with van der Waals surface area (Å²) in [6.07, 6.45) is 0. The molecule has 0 unspecified atom stereocenters. The van der Waals surface area contributed by atoms with E-state index in [4.69, 9.17) is 16.3 Å². The van der Waals surface area contributed by atoms with E-state index >= 15 is 4.39 Å². The molecule has 0 radical (unpaired) electrons. The Morgan fingerprint density at radius 1 is 1.29 bits per heavy atom. The second kappa shape index (κ2) is 8.43. The van der Waals surface area contributed by atoms with Crippen molar-refractivity contribution in [1.29, 1.82) is 0 Å². The molecule has 0 fully saturated rings. The summed E-state index contributed by atoms with van der Waals surface area (Å²) in [7, 11) is 1.52. The summed E-state index contributed by atoms with van der Waals surface area (Å²) < 4.78 is 22.2. The summed E-state index contributed by atoms with van der Waals surface area (Å²) in [6.45, 7) is 3.99. The monoisotopic (exact) mass is 421 g/mol. The topological polar surface area (TPSA) is 56.2 Å². The Kier molecular flexibility index (Phi) is 6.17. The first-order valence-corrected chi connectivity index (χ1v) is 9.88. The van der Waals surface area contributed by atoms with Crippen LogP contribution in [0.1, 0.15) is 23.5 Å². The number of anilines is 1. The summed E-state index contributed by atoms with van der Waals surface area (Å²) in [5, 5.41) is 7.31. The minimum atomic E-state index is -0.871. The molecule has 1 aromatic carbocycles. The van der Waals surface area contributed by atoms with Crippen molar-refractivity contribution in [3.63, 3.8) is 0 Å². The molecule has 2 aromatic heterocycles. The molecular formula is C20H21ClFN3O2S. The summed E-state index contributed by atoms with van der Waals surface area (Å²) >= 11 is 7.35. The minimum absolute atomic E-state index is 0.0255. The van der Waals surface area contributed by atoms with Crippen LogP contribution in [-0.2, 0) is 11.3 Å². The second-order valence-electron chi connectivity index (χ2n) is 6.97. The smallest absolute Gasteiger partial charge is 0.256 e. The van der Waals surface area contributed by atoms with E-state index in [1.54, 1.807) is 44.2 Å². The van der Waals surface area contributed by atoms with Crippen molar-refractivity contribution in [2.45, 2.75) is 20.4 Å². The molecule has 0 amide bonds. The number of carbonyl (C=O) groups excluding carboxylic acids is 1. The Hall–Kier alpha value is -2.22. The number of aromatic nitrogens is 2. The van der Waals surface area contributed by atoms with E-state index in [0.717, 1.165) is 9.56 Å². The number of hydrogen-bond donors (Lipinski definition) is 1. The molecule has 28 heavy (non-hydrogen) atoms. The van der Waals surface area contributed by atoms with Gasteiger partial charge in [0, 0.05) is 17.6 Å². The normalized spacial score (nSPS) is 11.6. The molecule has 0 saturated carbocycles. The van der Waals surface area contributed by atoms with Crippen molar-refractivity contribution in [3.8, 4) is 11.3 Å². The lowest BCUT2D eigenvalue weighted by Crippen LogP contribution is -2.35. The number of nitrogens with zero attached hydrogens (tertiary/aromatic N) is 2. The number of nitrogens with one attached hydrogen (secondary N) is 1. The Balaban J connectivity index is 2.01. The zero-order valence-corrected chi connectivity index (χ0v) is 17.4. The highest BCUT2D eigenvalue weighted by molar-refractivity contribution is 7.16. The lowest BCUT2D eigenvalue weighted by atomic mass is 9.94. The van der Waals surface area contributed by atoms with Crippen molar-refractivity contribution in [1.82, 2.24) is 9.78 Å². The molecule has 2 heterocycles. The SMILES string of the molecule is COCC(C)(C)C(=O)n1nc(-c2ccccc2)c(F)c1NCc1ccc(Cl)s1. The van der Waals surface area contributed by atoms with E-state index < -0.39 is 11.2 Å². The highest BCUT2D eigenvalue weighted by Crippen LogP contribution is 2.31. The number of methoxy groups -OCH3 is 1. The van der Waals surface area contributed by atoms with Crippen molar-refractivity contribution < 1.29 is 13.9 Å². The van der Waals surface area contributed by atoms with Gasteiger partial charge in [-0.1, -0.05) is 41.9 Å². The largest absolute Gasteiger partial charge is 0.384 e. The zero-order chi connectivity index (χ0) is 20.3. The Morgan fingerprint density at radius 2 is 2.00 bits per heavy atom. The average molecular weight is 422 g/mol. The van der Waals surface area contributed by atoms with Gasteiger partial charge in [-0.05, 0) is 26.0 Å². The Labute approximate surface area is 172 Å². The summed E-state index contributed by atoms with van der Waals surface area (Å²) in [5.74, 6) is -0.907. The highest BCUT2D eigenvalue weighted by atomic mass is 35.5. The Morgan fingerprint density at radius 3 is 2.61 bits per heavy atom. The van der Waals surface area contributed by atoms with Crippen molar-refractivity contribution in [2.75, 3.05) is 19.0 Å². The van der Waals surface area contributed by atoms with Gasteiger partial charge in [0.1, 0.15) is 5.69 Å². The molecule has 0 aliphatic rings. The summed E-state index contributed by atoms with van der Waals surface area (Å²) in [6, 6.07) is 12.6. The number of benzene rings is 1. The maximum Gasteiger partial charge on any atom is 0.256 e. The third kappa shape index (κ3) is 4.27. The molecule has 0 aliphatic carbocycles. The van der Waals surface area contributed by atoms with Gasteiger partial charge >= 0.3 is 0 Å². The van der Waals surface area contributed by atoms with Gasteiger partial charge in [-0.15, -0.1) is 11.3 Å². The summed E-state index contributed by atoms with van der Waals surface area (Å²) in [4.78, 5) is 14.0. The molecular weight excluding hydrogens is 401 g/mol. The first kappa shape index (κ1) is 20.5. The summed E-state index contributed by atoms with van der Waals surface area (Å²) in [5.41, 5.74) is -0.156. The fourth-order valence-corrected chi connectivity index (χ4v) is 3.83. The first-order valence-electron chi connectivity index (χ1n) is 8.69. The van der Waals surface area contributed by atoms with Crippen LogP contribution in [0.2, 0.25) is 4.34 Å². The van der Waals surface area contributed by atoms with Crippen LogP contribution in [0.4, 0.5) is 10.2 Å². The van der Waals surface area contributed by atoms with Crippen LogP contribution in [0.5, 0.6) is 0 Å². The molecule has 148 valence electrons. The fourth-order valence-electron chi connectivity index (χ4n) is 2.81. The number of thiophene rings is 1. The van der Waals surface area contributed by atoms with Crippen molar-refractivity contribution >= 4 is 34.7 Å². The molecule has 0 bridgehead atoms. The molecule has 0 atom stereocenters. The predicted molar refractivity (Wildman–Crippen MR) is 111 cm³/mol. The van der Waals surface area contributed by atoms with Crippen LogP contribution < -0.4 is 5.32 Å². The van der Waals surface area contributed by atoms with Crippen LogP contribution >= 0.6 is 22.9 Å². The molecule has 8 heteroatoms. The van der Waals surface area contributed by atoms with Gasteiger partial charge in [0.15, 0.2) is 11.6 Å². The maximum atomic E-state index is 15.3. The molecule has 1 N–H and O–H groups in total. The molecule has 0 saturated heterocycles. The van der Waals surface area contributed by atoms with Crippen LogP contribution in [0.3, 0.4) is 0 Å². The number of carbonyl (C=O) groups is 1. The first-order chi connectivity index (χ1) is 13.3. The number of halogens is 2. The van der Waals surface area contributed by atoms with E-state index in [1.807, 2.05) is 12.1 Å². The third-order valence-corrected chi connectivity index (χ3v) is 5.44. The van der Waals surface area contributed by atoms with Crippen molar-refractivity contribution in [3.05, 3.63) is 57.5 Å². The van der Waals surface area contributed by atoms with Crippen LogP contribution in [0.25, 0.3) is 11.3 Å². The van der Waals surface area contributed by atoms with Crippen molar-refractivity contribution in [2.24, 2.45) is 5.41 Å². The quantitative estimate of drug-likeness (QED) is 0.560. The van der Waals surface area contributed by atoms with E-state index in [2.05, 4.69) is 10.4 Å². The molecule has 3 aromatic rings. The van der Waals surface area contributed by atoms with Gasteiger partial charge < -0.3 is 10.1 Å². The van der Waals surface area contributed by atoms with Gasteiger partial charge in [0.2, 0.25) is 0 Å². The highest BCUT2D eigenvalue weighted by Gasteiger charge is 2.34. The maximum absolute atomic E-state index is 15.3. The van der Waals surface area contributed by atoms with E-state index in [9.17, 15) is 4.79 Å². The Bertz CT molecular complexity index is 969. The molecule has 0 aliphatic heterocycles.